The van der Waals surface area contributed by atoms with E-state index in [1.807, 2.05) is 0 Å². The van der Waals surface area contributed by atoms with E-state index in [2.05, 4.69) is 20.6 Å². The number of imidazole rings is 1. The Balaban J connectivity index is 1.65. The van der Waals surface area contributed by atoms with Crippen LogP contribution in [0.2, 0.25) is 0 Å². The Morgan fingerprint density at radius 3 is 3.04 bits per heavy atom. The average Bonchev–Trinajstić information content (AvgIpc) is 3.40. The smallest absolute Gasteiger partial charge is 0.271 e. The Hall–Kier alpha value is -3.20. The summed E-state index contributed by atoms with van der Waals surface area (Å²) in [6.07, 6.45) is 4.93. The highest BCUT2D eigenvalue weighted by Crippen LogP contribution is 2.22. The molecule has 0 aliphatic carbocycles. The summed E-state index contributed by atoms with van der Waals surface area (Å²) < 4.78 is 6.85. The SMILES string of the molecule is NC(=O)c1ncn2c(C(=O)NCCC3CCNC3)cc(-c3ccco3)nc12. The summed E-state index contributed by atoms with van der Waals surface area (Å²) in [6, 6.07) is 5.07. The van der Waals surface area contributed by atoms with Crippen LogP contribution in [0.4, 0.5) is 0 Å². The highest BCUT2D eigenvalue weighted by atomic mass is 16.3. The first kappa shape index (κ1) is 17.2. The lowest BCUT2D eigenvalue weighted by Gasteiger charge is -2.11. The van der Waals surface area contributed by atoms with Crippen molar-refractivity contribution in [1.82, 2.24) is 25.0 Å². The van der Waals surface area contributed by atoms with E-state index in [0.717, 1.165) is 25.9 Å². The number of aromatic nitrogens is 3. The van der Waals surface area contributed by atoms with Gasteiger partial charge in [0.05, 0.1) is 6.26 Å². The number of furan rings is 1. The summed E-state index contributed by atoms with van der Waals surface area (Å²) in [5.41, 5.74) is 6.36. The number of hydrogen-bond acceptors (Lipinski definition) is 6. The third-order valence-corrected chi connectivity index (χ3v) is 4.74. The molecule has 1 atom stereocenters. The van der Waals surface area contributed by atoms with Crippen molar-refractivity contribution in [3.05, 3.63) is 42.2 Å². The van der Waals surface area contributed by atoms with E-state index in [1.165, 1.54) is 17.0 Å². The topological polar surface area (TPSA) is 128 Å². The molecule has 4 N–H and O–H groups in total. The first-order valence-corrected chi connectivity index (χ1v) is 8.84. The van der Waals surface area contributed by atoms with Crippen LogP contribution in [0.15, 0.2) is 35.2 Å². The van der Waals surface area contributed by atoms with Crippen molar-refractivity contribution in [2.24, 2.45) is 11.7 Å². The van der Waals surface area contributed by atoms with Crippen molar-refractivity contribution in [2.75, 3.05) is 19.6 Å². The van der Waals surface area contributed by atoms with E-state index in [-0.39, 0.29) is 17.2 Å². The third-order valence-electron chi connectivity index (χ3n) is 4.74. The van der Waals surface area contributed by atoms with Crippen molar-refractivity contribution >= 4 is 17.5 Å². The van der Waals surface area contributed by atoms with E-state index in [9.17, 15) is 9.59 Å². The fraction of sp³-hybridized carbons (Fsp3) is 0.333. The minimum absolute atomic E-state index is 0.00878. The van der Waals surface area contributed by atoms with Crippen LogP contribution in [0.5, 0.6) is 0 Å². The van der Waals surface area contributed by atoms with Gasteiger partial charge in [-0.2, -0.15) is 0 Å². The number of carbonyl (C=O) groups is 2. The summed E-state index contributed by atoms with van der Waals surface area (Å²) in [7, 11) is 0. The molecule has 1 unspecified atom stereocenters. The second-order valence-electron chi connectivity index (χ2n) is 6.56. The van der Waals surface area contributed by atoms with Crippen LogP contribution in [0, 0.1) is 5.92 Å². The predicted octanol–water partition coefficient (Wildman–Crippen LogP) is 0.818. The van der Waals surface area contributed by atoms with Crippen LogP contribution in [-0.4, -0.2) is 45.8 Å². The molecule has 27 heavy (non-hydrogen) atoms. The Labute approximate surface area is 155 Å². The van der Waals surface area contributed by atoms with Crippen molar-refractivity contribution in [3.8, 4) is 11.5 Å². The average molecular weight is 368 g/mol. The maximum absolute atomic E-state index is 12.8. The van der Waals surface area contributed by atoms with Gasteiger partial charge in [-0.15, -0.1) is 0 Å². The molecule has 4 rings (SSSR count). The molecule has 1 aliphatic heterocycles. The van der Waals surface area contributed by atoms with E-state index < -0.39 is 5.91 Å². The lowest BCUT2D eigenvalue weighted by atomic mass is 10.1. The van der Waals surface area contributed by atoms with Gasteiger partial charge in [0.1, 0.15) is 17.7 Å². The number of nitrogens with one attached hydrogen (secondary N) is 2. The van der Waals surface area contributed by atoms with Gasteiger partial charge in [0.2, 0.25) is 0 Å². The number of primary amides is 1. The Morgan fingerprint density at radius 2 is 2.33 bits per heavy atom. The summed E-state index contributed by atoms with van der Waals surface area (Å²) in [6.45, 7) is 2.59. The summed E-state index contributed by atoms with van der Waals surface area (Å²) >= 11 is 0. The van der Waals surface area contributed by atoms with E-state index in [1.54, 1.807) is 18.2 Å². The highest BCUT2D eigenvalue weighted by molar-refractivity contribution is 5.99. The minimum atomic E-state index is -0.707. The summed E-state index contributed by atoms with van der Waals surface area (Å²) in [5.74, 6) is 0.0904. The summed E-state index contributed by atoms with van der Waals surface area (Å²) in [4.78, 5) is 32.8. The molecule has 0 spiro atoms. The standard InChI is InChI=1S/C18H20N6O3/c19-16(25)15-17-23-12(14-2-1-7-27-14)8-13(24(17)10-22-15)18(26)21-6-4-11-3-5-20-9-11/h1-2,7-8,10-11,20H,3-6,9H2,(H2,19,25)(H,21,26). The second-order valence-corrected chi connectivity index (χ2v) is 6.56. The van der Waals surface area contributed by atoms with E-state index in [0.29, 0.717) is 29.6 Å². The fourth-order valence-corrected chi connectivity index (χ4v) is 3.31. The Bertz CT molecular complexity index is 973. The second kappa shape index (κ2) is 7.20. The molecule has 0 bridgehead atoms. The van der Waals surface area contributed by atoms with Crippen molar-refractivity contribution in [1.29, 1.82) is 0 Å². The molecule has 0 radical (unpaired) electrons. The number of amides is 2. The van der Waals surface area contributed by atoms with Gasteiger partial charge in [0, 0.05) is 6.54 Å². The van der Waals surface area contributed by atoms with Crippen molar-refractivity contribution in [3.63, 3.8) is 0 Å². The van der Waals surface area contributed by atoms with Crippen molar-refractivity contribution in [2.45, 2.75) is 12.8 Å². The van der Waals surface area contributed by atoms with Gasteiger partial charge < -0.3 is 20.8 Å². The molecule has 1 saturated heterocycles. The Kier molecular flexibility index (Phi) is 4.59. The Morgan fingerprint density at radius 1 is 1.44 bits per heavy atom. The lowest BCUT2D eigenvalue weighted by molar-refractivity contribution is 0.0943. The molecule has 4 heterocycles. The van der Waals surface area contributed by atoms with Gasteiger partial charge in [-0.1, -0.05) is 0 Å². The van der Waals surface area contributed by atoms with Gasteiger partial charge in [0.15, 0.2) is 17.1 Å². The first-order chi connectivity index (χ1) is 13.1. The quantitative estimate of drug-likeness (QED) is 0.591. The van der Waals surface area contributed by atoms with E-state index in [4.69, 9.17) is 10.2 Å². The van der Waals surface area contributed by atoms with Crippen LogP contribution in [0.25, 0.3) is 17.1 Å². The van der Waals surface area contributed by atoms with Crippen LogP contribution < -0.4 is 16.4 Å². The molecule has 1 fully saturated rings. The fourth-order valence-electron chi connectivity index (χ4n) is 3.31. The first-order valence-electron chi connectivity index (χ1n) is 8.84. The van der Waals surface area contributed by atoms with Crippen molar-refractivity contribution < 1.29 is 14.0 Å². The molecule has 0 aromatic carbocycles. The normalized spacial score (nSPS) is 16.7. The number of carbonyl (C=O) groups excluding carboxylic acids is 2. The van der Waals surface area contributed by atoms with Crippen LogP contribution in [0.1, 0.15) is 33.8 Å². The largest absolute Gasteiger partial charge is 0.463 e. The number of nitrogens with two attached hydrogens (primary N) is 1. The van der Waals surface area contributed by atoms with Crippen LogP contribution >= 0.6 is 0 Å². The maximum atomic E-state index is 12.8. The van der Waals surface area contributed by atoms with Crippen LogP contribution in [-0.2, 0) is 0 Å². The van der Waals surface area contributed by atoms with Gasteiger partial charge >= 0.3 is 0 Å². The molecule has 0 saturated carbocycles. The number of nitrogens with zero attached hydrogens (tertiary/aromatic N) is 3. The maximum Gasteiger partial charge on any atom is 0.271 e. The highest BCUT2D eigenvalue weighted by Gasteiger charge is 2.21. The zero-order chi connectivity index (χ0) is 18.8. The molecular formula is C18H20N6O3. The minimum Gasteiger partial charge on any atom is -0.463 e. The van der Waals surface area contributed by atoms with Gasteiger partial charge in [-0.25, -0.2) is 9.97 Å². The molecule has 1 aliphatic rings. The molecule has 3 aromatic rings. The zero-order valence-electron chi connectivity index (χ0n) is 14.6. The van der Waals surface area contributed by atoms with E-state index >= 15 is 0 Å². The molecule has 3 aromatic heterocycles. The molecular weight excluding hydrogens is 348 g/mol. The number of fused-ring (bicyclic) bond motifs is 1. The van der Waals surface area contributed by atoms with Crippen LogP contribution in [0.3, 0.4) is 0 Å². The molecule has 9 nitrogen and oxygen atoms in total. The third kappa shape index (κ3) is 3.41. The lowest BCUT2D eigenvalue weighted by Crippen LogP contribution is -2.28. The number of hydrogen-bond donors (Lipinski definition) is 3. The summed E-state index contributed by atoms with van der Waals surface area (Å²) in [5, 5.41) is 6.25. The zero-order valence-corrected chi connectivity index (χ0v) is 14.6. The molecule has 9 heteroatoms. The molecule has 2 amide bonds. The van der Waals surface area contributed by atoms with Gasteiger partial charge in [-0.05, 0) is 50.0 Å². The monoisotopic (exact) mass is 368 g/mol. The number of rotatable bonds is 6. The van der Waals surface area contributed by atoms with Gasteiger partial charge in [0.25, 0.3) is 11.8 Å². The van der Waals surface area contributed by atoms with Gasteiger partial charge in [-0.3, -0.25) is 14.0 Å². The predicted molar refractivity (Wildman–Crippen MR) is 97.1 cm³/mol. The molecule has 140 valence electrons.